The average Bonchev–Trinajstić information content (AvgIpc) is 2.41. The van der Waals surface area contributed by atoms with Gasteiger partial charge in [-0.05, 0) is 26.2 Å². The number of nitrogens with two attached hydrogens (primary N) is 1. The summed E-state index contributed by atoms with van der Waals surface area (Å²) in [7, 11) is 0. The summed E-state index contributed by atoms with van der Waals surface area (Å²) in [5.74, 6) is 1.69. The van der Waals surface area contributed by atoms with Crippen molar-refractivity contribution in [2.75, 3.05) is 17.2 Å². The smallest absolute Gasteiger partial charge is 0.137 e. The lowest BCUT2D eigenvalue weighted by Crippen LogP contribution is -2.38. The molecule has 4 nitrogen and oxygen atoms in total. The first-order valence-corrected chi connectivity index (χ1v) is 7.13. The summed E-state index contributed by atoms with van der Waals surface area (Å²) in [5, 5.41) is 0. The molecule has 1 aliphatic carbocycles. The van der Waals surface area contributed by atoms with Gasteiger partial charge in [-0.2, -0.15) is 0 Å². The standard InChI is InChI=1S/C14H24N4/c1-3-12-13(15)16-10-17-14(12)18(4-2)11-8-6-5-7-9-11/h10-11H,3-9H2,1-2H3,(H2,15,16,17). The minimum absolute atomic E-state index is 0.628. The van der Waals surface area contributed by atoms with Crippen LogP contribution in [0.1, 0.15) is 51.5 Å². The lowest BCUT2D eigenvalue weighted by Gasteiger charge is -2.35. The Morgan fingerprint density at radius 1 is 1.22 bits per heavy atom. The van der Waals surface area contributed by atoms with E-state index in [1.807, 2.05) is 0 Å². The highest BCUT2D eigenvalue weighted by molar-refractivity contribution is 5.57. The second-order valence-corrected chi connectivity index (χ2v) is 4.99. The van der Waals surface area contributed by atoms with Crippen LogP contribution in [0.4, 0.5) is 11.6 Å². The van der Waals surface area contributed by atoms with Gasteiger partial charge in [0, 0.05) is 18.2 Å². The highest BCUT2D eigenvalue weighted by Crippen LogP contribution is 2.29. The molecule has 1 aromatic heterocycles. The number of anilines is 2. The topological polar surface area (TPSA) is 55.0 Å². The first kappa shape index (κ1) is 13.1. The van der Waals surface area contributed by atoms with Crippen LogP contribution < -0.4 is 10.6 Å². The Labute approximate surface area is 110 Å². The molecule has 2 N–H and O–H groups in total. The van der Waals surface area contributed by atoms with Gasteiger partial charge in [0.2, 0.25) is 0 Å². The van der Waals surface area contributed by atoms with Crippen LogP contribution in [-0.2, 0) is 6.42 Å². The van der Waals surface area contributed by atoms with E-state index in [1.165, 1.54) is 32.1 Å². The van der Waals surface area contributed by atoms with E-state index in [4.69, 9.17) is 5.73 Å². The quantitative estimate of drug-likeness (QED) is 0.890. The van der Waals surface area contributed by atoms with Gasteiger partial charge in [0.15, 0.2) is 0 Å². The first-order chi connectivity index (χ1) is 8.77. The van der Waals surface area contributed by atoms with Gasteiger partial charge in [0.05, 0.1) is 0 Å². The number of hydrogen-bond donors (Lipinski definition) is 1. The molecule has 4 heteroatoms. The molecule has 0 spiro atoms. The van der Waals surface area contributed by atoms with E-state index in [0.29, 0.717) is 11.9 Å². The SMILES string of the molecule is CCc1c(N)ncnc1N(CC)C1CCCCC1. The van der Waals surface area contributed by atoms with E-state index in [-0.39, 0.29) is 0 Å². The molecule has 18 heavy (non-hydrogen) atoms. The Balaban J connectivity index is 2.28. The largest absolute Gasteiger partial charge is 0.383 e. The van der Waals surface area contributed by atoms with Crippen molar-refractivity contribution in [2.45, 2.75) is 58.4 Å². The highest BCUT2D eigenvalue weighted by Gasteiger charge is 2.23. The van der Waals surface area contributed by atoms with Crippen LogP contribution in [0.2, 0.25) is 0 Å². The molecule has 100 valence electrons. The van der Waals surface area contributed by atoms with Crippen LogP contribution in [0.15, 0.2) is 6.33 Å². The van der Waals surface area contributed by atoms with Crippen molar-refractivity contribution in [1.29, 1.82) is 0 Å². The molecule has 0 bridgehead atoms. The van der Waals surface area contributed by atoms with Crippen molar-refractivity contribution >= 4 is 11.6 Å². The number of nitrogens with zero attached hydrogens (tertiary/aromatic N) is 3. The maximum atomic E-state index is 5.98. The molecule has 0 unspecified atom stereocenters. The Morgan fingerprint density at radius 3 is 2.56 bits per heavy atom. The summed E-state index contributed by atoms with van der Waals surface area (Å²) in [6, 6.07) is 0.628. The van der Waals surface area contributed by atoms with E-state index in [1.54, 1.807) is 6.33 Å². The van der Waals surface area contributed by atoms with Gasteiger partial charge in [0.25, 0.3) is 0 Å². The monoisotopic (exact) mass is 248 g/mol. The summed E-state index contributed by atoms with van der Waals surface area (Å²) in [6.45, 7) is 5.31. The predicted octanol–water partition coefficient (Wildman–Crippen LogP) is 2.78. The molecule has 1 heterocycles. The summed E-state index contributed by atoms with van der Waals surface area (Å²) < 4.78 is 0. The van der Waals surface area contributed by atoms with Crippen molar-refractivity contribution in [1.82, 2.24) is 9.97 Å². The Hall–Kier alpha value is -1.32. The molecule has 1 fully saturated rings. The normalized spacial score (nSPS) is 16.8. The van der Waals surface area contributed by atoms with E-state index in [0.717, 1.165) is 24.3 Å². The second kappa shape index (κ2) is 6.03. The molecule has 0 saturated heterocycles. The molecule has 0 amide bonds. The number of rotatable bonds is 4. The summed E-state index contributed by atoms with van der Waals surface area (Å²) in [6.07, 6.45) is 9.09. The fourth-order valence-corrected chi connectivity index (χ4v) is 2.98. The minimum atomic E-state index is 0.628. The second-order valence-electron chi connectivity index (χ2n) is 4.99. The van der Waals surface area contributed by atoms with Crippen LogP contribution in [0.5, 0.6) is 0 Å². The lowest BCUT2D eigenvalue weighted by molar-refractivity contribution is 0.415. The van der Waals surface area contributed by atoms with E-state index in [9.17, 15) is 0 Å². The molecule has 0 aromatic carbocycles. The minimum Gasteiger partial charge on any atom is -0.383 e. The zero-order valence-electron chi connectivity index (χ0n) is 11.5. The number of aromatic nitrogens is 2. The van der Waals surface area contributed by atoms with Crippen LogP contribution in [0.3, 0.4) is 0 Å². The van der Waals surface area contributed by atoms with Crippen LogP contribution in [0.25, 0.3) is 0 Å². The van der Waals surface area contributed by atoms with Crippen molar-refractivity contribution in [3.05, 3.63) is 11.9 Å². The third kappa shape index (κ3) is 2.57. The number of nitrogen functional groups attached to an aromatic ring is 1. The fraction of sp³-hybridized carbons (Fsp3) is 0.714. The fourth-order valence-electron chi connectivity index (χ4n) is 2.98. The zero-order chi connectivity index (χ0) is 13.0. The van der Waals surface area contributed by atoms with Gasteiger partial charge in [-0.15, -0.1) is 0 Å². The average molecular weight is 248 g/mol. The molecule has 0 atom stereocenters. The molecule has 1 aliphatic rings. The van der Waals surface area contributed by atoms with Gasteiger partial charge >= 0.3 is 0 Å². The molecule has 2 rings (SSSR count). The van der Waals surface area contributed by atoms with Gasteiger partial charge in [0.1, 0.15) is 18.0 Å². The Bertz CT molecular complexity index is 385. The Morgan fingerprint density at radius 2 is 1.94 bits per heavy atom. The Kier molecular flexibility index (Phi) is 4.39. The summed E-state index contributed by atoms with van der Waals surface area (Å²) in [4.78, 5) is 11.0. The van der Waals surface area contributed by atoms with Crippen molar-refractivity contribution in [3.63, 3.8) is 0 Å². The van der Waals surface area contributed by atoms with E-state index < -0.39 is 0 Å². The van der Waals surface area contributed by atoms with Crippen molar-refractivity contribution in [3.8, 4) is 0 Å². The van der Waals surface area contributed by atoms with E-state index in [2.05, 4.69) is 28.7 Å². The first-order valence-electron chi connectivity index (χ1n) is 7.13. The van der Waals surface area contributed by atoms with Gasteiger partial charge in [-0.3, -0.25) is 0 Å². The van der Waals surface area contributed by atoms with Gasteiger partial charge < -0.3 is 10.6 Å². The van der Waals surface area contributed by atoms with Crippen molar-refractivity contribution in [2.24, 2.45) is 0 Å². The molecule has 0 radical (unpaired) electrons. The van der Waals surface area contributed by atoms with Crippen LogP contribution in [-0.4, -0.2) is 22.6 Å². The molecule has 1 saturated carbocycles. The van der Waals surface area contributed by atoms with Crippen LogP contribution in [0, 0.1) is 0 Å². The van der Waals surface area contributed by atoms with Crippen molar-refractivity contribution < 1.29 is 0 Å². The van der Waals surface area contributed by atoms with Crippen LogP contribution >= 0.6 is 0 Å². The highest BCUT2D eigenvalue weighted by atomic mass is 15.2. The van der Waals surface area contributed by atoms with E-state index >= 15 is 0 Å². The molecular weight excluding hydrogens is 224 g/mol. The molecule has 0 aliphatic heterocycles. The predicted molar refractivity (Wildman–Crippen MR) is 75.7 cm³/mol. The summed E-state index contributed by atoms with van der Waals surface area (Å²) in [5.41, 5.74) is 7.08. The maximum absolute atomic E-state index is 5.98. The number of hydrogen-bond acceptors (Lipinski definition) is 4. The third-order valence-corrected chi connectivity index (χ3v) is 3.94. The zero-order valence-corrected chi connectivity index (χ0v) is 11.5. The maximum Gasteiger partial charge on any atom is 0.137 e. The van der Waals surface area contributed by atoms with Gasteiger partial charge in [-0.25, -0.2) is 9.97 Å². The summed E-state index contributed by atoms with van der Waals surface area (Å²) >= 11 is 0. The van der Waals surface area contributed by atoms with Gasteiger partial charge in [-0.1, -0.05) is 26.2 Å². The third-order valence-electron chi connectivity index (χ3n) is 3.94. The molecular formula is C14H24N4. The lowest BCUT2D eigenvalue weighted by atomic mass is 9.94. The molecule has 1 aromatic rings.